The van der Waals surface area contributed by atoms with Crippen molar-refractivity contribution in [3.05, 3.63) is 82.7 Å². The zero-order valence-electron chi connectivity index (χ0n) is 15.1. The third-order valence-corrected chi connectivity index (χ3v) is 6.57. The second-order valence-electron chi connectivity index (χ2n) is 5.90. The van der Waals surface area contributed by atoms with Crippen LogP contribution in [0.3, 0.4) is 0 Å². The Kier molecular flexibility index (Phi) is 6.22. The van der Waals surface area contributed by atoms with Gasteiger partial charge < -0.3 is 0 Å². The zero-order valence-corrected chi connectivity index (χ0v) is 16.7. The third kappa shape index (κ3) is 5.24. The number of halogens is 3. The van der Waals surface area contributed by atoms with Crippen LogP contribution in [0.4, 0.5) is 18.9 Å². The maximum Gasteiger partial charge on any atom is 0.417 e. The van der Waals surface area contributed by atoms with E-state index in [1.165, 1.54) is 48.5 Å². The second-order valence-corrected chi connectivity index (χ2v) is 8.76. The van der Waals surface area contributed by atoms with E-state index in [1.54, 1.807) is 11.4 Å². The van der Waals surface area contributed by atoms with Gasteiger partial charge in [0, 0.05) is 16.8 Å². The Labute approximate surface area is 174 Å². The lowest BCUT2D eigenvalue weighted by atomic mass is 10.1. The highest BCUT2D eigenvalue weighted by molar-refractivity contribution is 7.94. The van der Waals surface area contributed by atoms with Gasteiger partial charge in [0.05, 0.1) is 11.8 Å². The first-order valence-electron chi connectivity index (χ1n) is 8.33. The number of nitrogens with zero attached hydrogens (tertiary/aromatic N) is 1. The molecule has 2 N–H and O–H groups in total. The van der Waals surface area contributed by atoms with E-state index in [-0.39, 0.29) is 21.0 Å². The molecule has 156 valence electrons. The second kappa shape index (κ2) is 8.67. The minimum Gasteiger partial charge on any atom is -0.279 e. The fourth-order valence-electron chi connectivity index (χ4n) is 2.40. The highest BCUT2D eigenvalue weighted by Gasteiger charge is 2.32. The molecule has 1 heterocycles. The molecule has 0 saturated carbocycles. The van der Waals surface area contributed by atoms with Crippen LogP contribution in [0.1, 0.15) is 21.5 Å². The van der Waals surface area contributed by atoms with Crippen molar-refractivity contribution in [1.29, 1.82) is 0 Å². The minimum absolute atomic E-state index is 0.148. The molecule has 3 rings (SSSR count). The highest BCUT2D eigenvalue weighted by atomic mass is 32.2. The Bertz CT molecular complexity index is 1160. The molecule has 11 heteroatoms. The molecule has 0 bridgehead atoms. The highest BCUT2D eigenvalue weighted by Crippen LogP contribution is 2.31. The Hall–Kier alpha value is -3.18. The van der Waals surface area contributed by atoms with Crippen molar-refractivity contribution in [1.82, 2.24) is 5.43 Å². The molecular formula is C19H14F3N3O3S2. The third-order valence-electron chi connectivity index (χ3n) is 3.80. The molecule has 6 nitrogen and oxygen atoms in total. The van der Waals surface area contributed by atoms with Crippen molar-refractivity contribution in [3.63, 3.8) is 0 Å². The van der Waals surface area contributed by atoms with Gasteiger partial charge in [-0.2, -0.15) is 18.3 Å². The van der Waals surface area contributed by atoms with Gasteiger partial charge in [-0.1, -0.05) is 24.3 Å². The Morgan fingerprint density at radius 3 is 2.33 bits per heavy atom. The topological polar surface area (TPSA) is 87.6 Å². The van der Waals surface area contributed by atoms with Gasteiger partial charge in [0.25, 0.3) is 15.9 Å². The molecule has 2 aromatic carbocycles. The standard InChI is InChI=1S/C19H14F3N3O3S2/c20-19(21,22)16-5-2-1-4-14(16)12-23-24-18(26)13-7-9-15(10-8-13)25-30(27,28)17-6-3-11-29-17/h1-12,25H,(H,24,26). The summed E-state index contributed by atoms with van der Waals surface area (Å²) in [7, 11) is -3.71. The molecule has 0 fully saturated rings. The lowest BCUT2D eigenvalue weighted by Crippen LogP contribution is -2.18. The summed E-state index contributed by atoms with van der Waals surface area (Å²) in [5.74, 6) is -0.664. The number of sulfonamides is 1. The van der Waals surface area contributed by atoms with Gasteiger partial charge in [-0.15, -0.1) is 11.3 Å². The van der Waals surface area contributed by atoms with Crippen LogP contribution >= 0.6 is 11.3 Å². The molecule has 1 amide bonds. The summed E-state index contributed by atoms with van der Waals surface area (Å²) >= 11 is 1.07. The van der Waals surface area contributed by atoms with Gasteiger partial charge in [0.15, 0.2) is 0 Å². The number of amides is 1. The normalized spacial score (nSPS) is 12.1. The molecule has 30 heavy (non-hydrogen) atoms. The van der Waals surface area contributed by atoms with Crippen LogP contribution in [0.25, 0.3) is 0 Å². The number of hydrazone groups is 1. The first-order chi connectivity index (χ1) is 14.2. The fraction of sp³-hybridized carbons (Fsp3) is 0.0526. The van der Waals surface area contributed by atoms with Gasteiger partial charge in [-0.05, 0) is 41.8 Å². The Balaban J connectivity index is 1.65. The first-order valence-corrected chi connectivity index (χ1v) is 10.7. The predicted molar refractivity (Wildman–Crippen MR) is 108 cm³/mol. The summed E-state index contributed by atoms with van der Waals surface area (Å²) in [6.45, 7) is 0. The number of alkyl halides is 3. The van der Waals surface area contributed by atoms with Gasteiger partial charge in [0.2, 0.25) is 0 Å². The molecule has 0 aliphatic rings. The molecular weight excluding hydrogens is 439 g/mol. The number of carbonyl (C=O) groups excluding carboxylic acids is 1. The lowest BCUT2D eigenvalue weighted by Gasteiger charge is -2.09. The summed E-state index contributed by atoms with van der Waals surface area (Å²) in [6, 6.07) is 13.4. The SMILES string of the molecule is O=C(NN=Cc1ccccc1C(F)(F)F)c1ccc(NS(=O)(=O)c2cccs2)cc1. The summed E-state index contributed by atoms with van der Waals surface area (Å²) < 4.78 is 65.7. The smallest absolute Gasteiger partial charge is 0.279 e. The number of hydrogen-bond donors (Lipinski definition) is 2. The maximum absolute atomic E-state index is 12.9. The quantitative estimate of drug-likeness (QED) is 0.430. The number of thiophene rings is 1. The minimum atomic E-state index is -4.54. The van der Waals surface area contributed by atoms with Crippen LogP contribution in [0.2, 0.25) is 0 Å². The summed E-state index contributed by atoms with van der Waals surface area (Å²) in [4.78, 5) is 12.1. The van der Waals surface area contributed by atoms with Gasteiger partial charge >= 0.3 is 6.18 Å². The molecule has 0 spiro atoms. The molecule has 0 radical (unpaired) electrons. The number of rotatable bonds is 6. The van der Waals surface area contributed by atoms with Gasteiger partial charge in [0.1, 0.15) is 4.21 Å². The lowest BCUT2D eigenvalue weighted by molar-refractivity contribution is -0.137. The molecule has 1 aromatic heterocycles. The van der Waals surface area contributed by atoms with Crippen LogP contribution in [-0.2, 0) is 16.2 Å². The van der Waals surface area contributed by atoms with E-state index in [0.717, 1.165) is 23.6 Å². The van der Waals surface area contributed by atoms with Crippen LogP contribution in [0.5, 0.6) is 0 Å². The predicted octanol–water partition coefficient (Wildman–Crippen LogP) is 4.33. The van der Waals surface area contributed by atoms with E-state index in [2.05, 4.69) is 15.2 Å². The molecule has 0 aliphatic carbocycles. The molecule has 0 aliphatic heterocycles. The van der Waals surface area contributed by atoms with Crippen LogP contribution < -0.4 is 10.1 Å². The number of benzene rings is 2. The fourth-order valence-corrected chi connectivity index (χ4v) is 4.46. The van der Waals surface area contributed by atoms with Crippen molar-refractivity contribution in [2.75, 3.05) is 4.72 Å². The van der Waals surface area contributed by atoms with Crippen molar-refractivity contribution >= 4 is 39.2 Å². The van der Waals surface area contributed by atoms with E-state index < -0.39 is 27.7 Å². The maximum atomic E-state index is 12.9. The summed E-state index contributed by atoms with van der Waals surface area (Å²) in [6.07, 6.45) is -3.64. The van der Waals surface area contributed by atoms with Crippen molar-refractivity contribution in [2.45, 2.75) is 10.4 Å². The zero-order chi connectivity index (χ0) is 21.8. The molecule has 0 atom stereocenters. The first kappa shape index (κ1) is 21.5. The molecule has 0 unspecified atom stereocenters. The average molecular weight is 453 g/mol. The monoisotopic (exact) mass is 453 g/mol. The van der Waals surface area contributed by atoms with Crippen molar-refractivity contribution < 1.29 is 26.4 Å². The van der Waals surface area contributed by atoms with Gasteiger partial charge in [-0.25, -0.2) is 13.8 Å². The van der Waals surface area contributed by atoms with Crippen LogP contribution in [0, 0.1) is 0 Å². The van der Waals surface area contributed by atoms with Crippen LogP contribution in [0.15, 0.2) is 75.4 Å². The van der Waals surface area contributed by atoms with E-state index in [1.807, 2.05) is 0 Å². The molecule has 0 saturated heterocycles. The van der Waals surface area contributed by atoms with Crippen LogP contribution in [-0.4, -0.2) is 20.5 Å². The van der Waals surface area contributed by atoms with Crippen molar-refractivity contribution in [2.24, 2.45) is 5.10 Å². The largest absolute Gasteiger partial charge is 0.417 e. The number of hydrogen-bond acceptors (Lipinski definition) is 5. The molecule has 3 aromatic rings. The van der Waals surface area contributed by atoms with Crippen molar-refractivity contribution in [3.8, 4) is 0 Å². The Morgan fingerprint density at radius 1 is 1.00 bits per heavy atom. The van der Waals surface area contributed by atoms with E-state index in [9.17, 15) is 26.4 Å². The average Bonchev–Trinajstić information content (AvgIpc) is 3.24. The van der Waals surface area contributed by atoms with E-state index in [0.29, 0.717) is 0 Å². The summed E-state index contributed by atoms with van der Waals surface area (Å²) in [5.41, 5.74) is 1.48. The Morgan fingerprint density at radius 2 is 1.70 bits per heavy atom. The number of carbonyl (C=O) groups is 1. The van der Waals surface area contributed by atoms with E-state index >= 15 is 0 Å². The number of anilines is 1. The number of nitrogens with one attached hydrogen (secondary N) is 2. The van der Waals surface area contributed by atoms with Gasteiger partial charge in [-0.3, -0.25) is 9.52 Å². The summed E-state index contributed by atoms with van der Waals surface area (Å²) in [5, 5.41) is 5.21. The van der Waals surface area contributed by atoms with E-state index in [4.69, 9.17) is 0 Å².